The Morgan fingerprint density at radius 3 is 2.71 bits per heavy atom. The molecule has 6 heteroatoms. The summed E-state index contributed by atoms with van der Waals surface area (Å²) >= 11 is 0. The van der Waals surface area contributed by atoms with Crippen LogP contribution >= 0.6 is 0 Å². The Labute approximate surface area is 137 Å². The van der Waals surface area contributed by atoms with Gasteiger partial charge in [0.25, 0.3) is 11.5 Å². The molecule has 1 N–H and O–H groups in total. The Kier molecular flexibility index (Phi) is 4.12. The first kappa shape index (κ1) is 15.9. The Balaban J connectivity index is 2.07. The van der Waals surface area contributed by atoms with Gasteiger partial charge < -0.3 is 9.88 Å². The minimum atomic E-state index is -0.609. The maximum absolute atomic E-state index is 13.2. The van der Waals surface area contributed by atoms with E-state index >= 15 is 0 Å². The number of hydrogen-bond acceptors (Lipinski definition) is 3. The van der Waals surface area contributed by atoms with Gasteiger partial charge in [-0.15, -0.1) is 0 Å². The molecule has 1 heterocycles. The van der Waals surface area contributed by atoms with Gasteiger partial charge in [-0.3, -0.25) is 9.59 Å². The highest BCUT2D eigenvalue weighted by atomic mass is 19.1. The van der Waals surface area contributed by atoms with Crippen LogP contribution in [0.3, 0.4) is 0 Å². The van der Waals surface area contributed by atoms with Crippen molar-refractivity contribution in [3.63, 3.8) is 0 Å². The number of aryl methyl sites for hydroxylation is 2. The van der Waals surface area contributed by atoms with E-state index in [9.17, 15) is 14.0 Å². The summed E-state index contributed by atoms with van der Waals surface area (Å²) in [5.41, 5.74) is 1.63. The Morgan fingerprint density at radius 2 is 2.00 bits per heavy atom. The van der Waals surface area contributed by atoms with Gasteiger partial charge in [0.1, 0.15) is 5.82 Å². The highest BCUT2D eigenvalue weighted by Gasteiger charge is 2.17. The number of nitrogens with one attached hydrogen (secondary N) is 1. The second-order valence-corrected chi connectivity index (χ2v) is 5.41. The number of para-hydroxylation sites is 2. The molecule has 0 aliphatic rings. The van der Waals surface area contributed by atoms with Gasteiger partial charge in [-0.2, -0.15) is 0 Å². The summed E-state index contributed by atoms with van der Waals surface area (Å²) in [4.78, 5) is 29.3. The molecule has 0 bridgehead atoms. The number of halogens is 1. The fraction of sp³-hybridized carbons (Fsp3) is 0.167. The molecule has 1 aromatic heterocycles. The van der Waals surface area contributed by atoms with Crippen molar-refractivity contribution in [3.8, 4) is 0 Å². The molecule has 3 aromatic rings. The van der Waals surface area contributed by atoms with Crippen molar-refractivity contribution >= 4 is 22.6 Å². The lowest BCUT2D eigenvalue weighted by molar-refractivity contribution is 0.102. The molecule has 0 aliphatic carbocycles. The average Bonchev–Trinajstić information content (AvgIpc) is 2.57. The SMILES string of the molecule is CCn1c(=O)c(C(=O)Nc2ccc(F)cc2C)nc2ccccc21. The van der Waals surface area contributed by atoms with Gasteiger partial charge in [0.2, 0.25) is 0 Å². The molecule has 24 heavy (non-hydrogen) atoms. The zero-order valence-corrected chi connectivity index (χ0v) is 13.3. The molecule has 0 saturated heterocycles. The summed E-state index contributed by atoms with van der Waals surface area (Å²) in [6.07, 6.45) is 0. The Bertz CT molecular complexity index is 995. The smallest absolute Gasteiger partial charge is 0.282 e. The summed E-state index contributed by atoms with van der Waals surface area (Å²) in [6, 6.07) is 11.2. The molecule has 0 fully saturated rings. The van der Waals surface area contributed by atoms with Gasteiger partial charge in [0.05, 0.1) is 11.0 Å². The van der Waals surface area contributed by atoms with Crippen molar-refractivity contribution in [2.45, 2.75) is 20.4 Å². The van der Waals surface area contributed by atoms with E-state index in [4.69, 9.17) is 0 Å². The number of amides is 1. The Morgan fingerprint density at radius 1 is 1.25 bits per heavy atom. The number of hydrogen-bond donors (Lipinski definition) is 1. The molecule has 122 valence electrons. The molecule has 2 aromatic carbocycles. The van der Waals surface area contributed by atoms with Crippen LogP contribution in [0.2, 0.25) is 0 Å². The maximum Gasteiger partial charge on any atom is 0.282 e. The van der Waals surface area contributed by atoms with Crippen molar-refractivity contribution in [1.82, 2.24) is 9.55 Å². The van der Waals surface area contributed by atoms with Gasteiger partial charge in [-0.05, 0) is 49.7 Å². The third-order valence-electron chi connectivity index (χ3n) is 3.82. The lowest BCUT2D eigenvalue weighted by atomic mass is 10.2. The summed E-state index contributed by atoms with van der Waals surface area (Å²) in [5, 5.41) is 2.63. The van der Waals surface area contributed by atoms with Crippen LogP contribution in [0.25, 0.3) is 11.0 Å². The number of rotatable bonds is 3. The third kappa shape index (κ3) is 2.78. The molecule has 3 rings (SSSR count). The average molecular weight is 325 g/mol. The number of carbonyl (C=O) groups is 1. The summed E-state index contributed by atoms with van der Waals surface area (Å²) in [7, 11) is 0. The van der Waals surface area contributed by atoms with Crippen LogP contribution in [0.4, 0.5) is 10.1 Å². The quantitative estimate of drug-likeness (QED) is 0.805. The van der Waals surface area contributed by atoms with Crippen LogP contribution < -0.4 is 10.9 Å². The van der Waals surface area contributed by atoms with E-state index in [1.165, 1.54) is 22.8 Å². The predicted molar refractivity (Wildman–Crippen MR) is 90.8 cm³/mol. The predicted octanol–water partition coefficient (Wildman–Crippen LogP) is 3.12. The molecule has 1 amide bonds. The van der Waals surface area contributed by atoms with Crippen molar-refractivity contribution in [2.24, 2.45) is 0 Å². The van der Waals surface area contributed by atoms with E-state index in [1.807, 2.05) is 13.0 Å². The van der Waals surface area contributed by atoms with Crippen LogP contribution in [0.5, 0.6) is 0 Å². The fourth-order valence-electron chi connectivity index (χ4n) is 2.60. The first-order valence-corrected chi connectivity index (χ1v) is 7.58. The van der Waals surface area contributed by atoms with Crippen molar-refractivity contribution < 1.29 is 9.18 Å². The van der Waals surface area contributed by atoms with Gasteiger partial charge in [0, 0.05) is 12.2 Å². The van der Waals surface area contributed by atoms with Crippen LogP contribution in [-0.4, -0.2) is 15.5 Å². The van der Waals surface area contributed by atoms with E-state index < -0.39 is 11.5 Å². The zero-order chi connectivity index (χ0) is 17.3. The van der Waals surface area contributed by atoms with Crippen molar-refractivity contribution in [1.29, 1.82) is 0 Å². The summed E-state index contributed by atoms with van der Waals surface area (Å²) in [5.74, 6) is -0.995. The highest BCUT2D eigenvalue weighted by Crippen LogP contribution is 2.17. The molecule has 0 radical (unpaired) electrons. The lowest BCUT2D eigenvalue weighted by Crippen LogP contribution is -2.31. The molecular weight excluding hydrogens is 309 g/mol. The second-order valence-electron chi connectivity index (χ2n) is 5.41. The van der Waals surface area contributed by atoms with Crippen LogP contribution in [0.15, 0.2) is 47.3 Å². The number of aromatic nitrogens is 2. The first-order chi connectivity index (χ1) is 11.5. The van der Waals surface area contributed by atoms with Crippen LogP contribution in [0, 0.1) is 12.7 Å². The topological polar surface area (TPSA) is 64.0 Å². The van der Waals surface area contributed by atoms with Gasteiger partial charge in [-0.25, -0.2) is 9.37 Å². The van der Waals surface area contributed by atoms with E-state index in [-0.39, 0.29) is 11.5 Å². The number of anilines is 1. The minimum Gasteiger partial charge on any atom is -0.320 e. The lowest BCUT2D eigenvalue weighted by Gasteiger charge is -2.11. The third-order valence-corrected chi connectivity index (χ3v) is 3.82. The molecule has 5 nitrogen and oxygen atoms in total. The maximum atomic E-state index is 13.2. The Hall–Kier alpha value is -3.02. The van der Waals surface area contributed by atoms with Crippen molar-refractivity contribution in [3.05, 3.63) is 69.9 Å². The largest absolute Gasteiger partial charge is 0.320 e. The molecule has 0 unspecified atom stereocenters. The highest BCUT2D eigenvalue weighted by molar-refractivity contribution is 6.03. The number of carbonyl (C=O) groups excluding carboxylic acids is 1. The number of fused-ring (bicyclic) bond motifs is 1. The van der Waals surface area contributed by atoms with E-state index in [2.05, 4.69) is 10.3 Å². The number of nitrogens with zero attached hydrogens (tertiary/aromatic N) is 2. The van der Waals surface area contributed by atoms with E-state index in [1.54, 1.807) is 25.1 Å². The van der Waals surface area contributed by atoms with Gasteiger partial charge in [-0.1, -0.05) is 12.1 Å². The number of benzene rings is 2. The molecule has 0 saturated carbocycles. The summed E-state index contributed by atoms with van der Waals surface area (Å²) in [6.45, 7) is 3.94. The van der Waals surface area contributed by atoms with Crippen LogP contribution in [-0.2, 0) is 6.54 Å². The van der Waals surface area contributed by atoms with Crippen molar-refractivity contribution in [2.75, 3.05) is 5.32 Å². The van der Waals surface area contributed by atoms with Crippen LogP contribution in [0.1, 0.15) is 23.0 Å². The summed E-state index contributed by atoms with van der Waals surface area (Å²) < 4.78 is 14.7. The van der Waals surface area contributed by atoms with E-state index in [0.717, 1.165) is 0 Å². The molecule has 0 aliphatic heterocycles. The zero-order valence-electron chi connectivity index (χ0n) is 13.3. The molecular formula is C18H16FN3O2. The monoisotopic (exact) mass is 325 g/mol. The van der Waals surface area contributed by atoms with E-state index in [0.29, 0.717) is 28.8 Å². The minimum absolute atomic E-state index is 0.181. The standard InChI is InChI=1S/C18H16FN3O2/c1-3-22-15-7-5-4-6-14(15)20-16(18(22)24)17(23)21-13-9-8-12(19)10-11(13)2/h4-10H,3H2,1-2H3,(H,21,23). The molecule has 0 atom stereocenters. The van der Waals surface area contributed by atoms with Gasteiger partial charge >= 0.3 is 0 Å². The fourth-order valence-corrected chi connectivity index (χ4v) is 2.60. The molecule has 0 spiro atoms. The second kappa shape index (κ2) is 6.23. The van der Waals surface area contributed by atoms with Gasteiger partial charge in [0.15, 0.2) is 5.69 Å². The first-order valence-electron chi connectivity index (χ1n) is 7.58. The normalized spacial score (nSPS) is 10.8.